The van der Waals surface area contributed by atoms with E-state index in [1.165, 1.54) is 0 Å². The largest absolute Gasteiger partial charge is 0.497 e. The monoisotopic (exact) mass is 402 g/mol. The molecule has 0 bridgehead atoms. The van der Waals surface area contributed by atoms with Crippen LogP contribution in [-0.2, 0) is 0 Å². The first-order valence-corrected chi connectivity index (χ1v) is 9.61. The third kappa shape index (κ3) is 3.72. The van der Waals surface area contributed by atoms with Crippen molar-refractivity contribution in [3.8, 4) is 22.8 Å². The van der Waals surface area contributed by atoms with Crippen molar-refractivity contribution in [2.24, 2.45) is 0 Å². The van der Waals surface area contributed by atoms with Crippen LogP contribution in [0.3, 0.4) is 0 Å². The first kappa shape index (κ1) is 19.5. The van der Waals surface area contributed by atoms with Gasteiger partial charge in [0, 0.05) is 15.8 Å². The topological polar surface area (TPSA) is 77.4 Å². The Hall–Kier alpha value is -3.80. The van der Waals surface area contributed by atoms with E-state index in [9.17, 15) is 10.1 Å². The summed E-state index contributed by atoms with van der Waals surface area (Å²) in [5.74, 6) is 1.06. The lowest BCUT2D eigenvalue weighted by molar-refractivity contribution is -0.481. The van der Waals surface area contributed by atoms with E-state index < -0.39 is 5.92 Å². The van der Waals surface area contributed by atoms with Gasteiger partial charge in [0.25, 0.3) is 0 Å². The number of rotatable bonds is 7. The molecule has 6 heteroatoms. The lowest BCUT2D eigenvalue weighted by Crippen LogP contribution is -2.14. The molecule has 4 aromatic rings. The number of methoxy groups -OCH3 is 2. The summed E-state index contributed by atoms with van der Waals surface area (Å²) in [6, 6.07) is 23.1. The van der Waals surface area contributed by atoms with Crippen molar-refractivity contribution in [3.05, 3.63) is 94.0 Å². The van der Waals surface area contributed by atoms with Gasteiger partial charge in [-0.25, -0.2) is 0 Å². The van der Waals surface area contributed by atoms with Crippen molar-refractivity contribution in [1.29, 1.82) is 0 Å². The van der Waals surface area contributed by atoms with Crippen molar-refractivity contribution < 1.29 is 14.4 Å². The summed E-state index contributed by atoms with van der Waals surface area (Å²) in [6.07, 6.45) is 0. The van der Waals surface area contributed by atoms with Gasteiger partial charge in [-0.05, 0) is 59.2 Å². The molecule has 4 rings (SSSR count). The Bertz CT molecular complexity index is 1160. The van der Waals surface area contributed by atoms with E-state index >= 15 is 0 Å². The molecule has 0 saturated carbocycles. The quantitative estimate of drug-likeness (QED) is 0.338. The lowest BCUT2D eigenvalue weighted by Gasteiger charge is -2.16. The molecule has 0 saturated heterocycles. The van der Waals surface area contributed by atoms with Gasteiger partial charge in [-0.1, -0.05) is 30.3 Å². The number of para-hydroxylation sites is 1. The summed E-state index contributed by atoms with van der Waals surface area (Å²) < 4.78 is 10.5. The number of hydrogen-bond donors (Lipinski definition) is 1. The van der Waals surface area contributed by atoms with Crippen molar-refractivity contribution >= 4 is 10.9 Å². The Morgan fingerprint density at radius 1 is 0.900 bits per heavy atom. The SMILES string of the molecule is COc1ccc(-c2[nH]c3ccccc3c2C(C[N+](=O)[O-])c2ccc(OC)cc2)cc1. The highest BCUT2D eigenvalue weighted by molar-refractivity contribution is 5.92. The third-order valence-corrected chi connectivity index (χ3v) is 5.32. The van der Waals surface area contributed by atoms with Crippen LogP contribution in [0.15, 0.2) is 72.8 Å². The average Bonchev–Trinajstić information content (AvgIpc) is 3.17. The number of hydrogen-bond acceptors (Lipinski definition) is 4. The summed E-state index contributed by atoms with van der Waals surface area (Å²) in [5, 5.41) is 12.6. The van der Waals surface area contributed by atoms with Crippen molar-refractivity contribution in [1.82, 2.24) is 4.98 Å². The molecule has 1 atom stereocenters. The number of nitrogens with one attached hydrogen (secondary N) is 1. The molecule has 0 amide bonds. The van der Waals surface area contributed by atoms with Gasteiger partial charge < -0.3 is 14.5 Å². The van der Waals surface area contributed by atoms with Crippen molar-refractivity contribution in [2.45, 2.75) is 5.92 Å². The van der Waals surface area contributed by atoms with Gasteiger partial charge in [0.15, 0.2) is 0 Å². The van der Waals surface area contributed by atoms with Crippen LogP contribution in [0.25, 0.3) is 22.2 Å². The maximum Gasteiger partial charge on any atom is 0.214 e. The minimum atomic E-state index is -0.417. The molecule has 30 heavy (non-hydrogen) atoms. The predicted molar refractivity (Wildman–Crippen MR) is 117 cm³/mol. The number of ether oxygens (including phenoxy) is 2. The standard InChI is InChI=1S/C24H22N2O4/c1-29-18-11-7-16(8-12-18)21(15-26(27)28)23-20-5-3-4-6-22(20)25-24(23)17-9-13-19(30-2)14-10-17/h3-14,21,25H,15H2,1-2H3. The molecule has 1 aromatic heterocycles. The van der Waals surface area contributed by atoms with E-state index in [4.69, 9.17) is 9.47 Å². The van der Waals surface area contributed by atoms with Crippen LogP contribution in [0.2, 0.25) is 0 Å². The second kappa shape index (κ2) is 8.29. The molecule has 0 aliphatic rings. The minimum Gasteiger partial charge on any atom is -0.497 e. The normalized spacial score (nSPS) is 11.9. The summed E-state index contributed by atoms with van der Waals surface area (Å²) in [7, 11) is 3.23. The summed E-state index contributed by atoms with van der Waals surface area (Å²) in [4.78, 5) is 14.8. The maximum absolute atomic E-state index is 11.6. The first-order chi connectivity index (χ1) is 14.6. The molecule has 1 N–H and O–H groups in total. The van der Waals surface area contributed by atoms with E-state index in [0.717, 1.165) is 39.0 Å². The Kier molecular flexibility index (Phi) is 5.39. The average molecular weight is 402 g/mol. The van der Waals surface area contributed by atoms with Gasteiger partial charge in [0.05, 0.1) is 25.8 Å². The van der Waals surface area contributed by atoms with Gasteiger partial charge in [0.2, 0.25) is 6.54 Å². The Balaban J connectivity index is 1.93. The lowest BCUT2D eigenvalue weighted by atomic mass is 9.87. The summed E-state index contributed by atoms with van der Waals surface area (Å²) in [5.41, 5.74) is 4.55. The highest BCUT2D eigenvalue weighted by atomic mass is 16.6. The van der Waals surface area contributed by atoms with Crippen LogP contribution in [0.1, 0.15) is 17.0 Å². The second-order valence-electron chi connectivity index (χ2n) is 7.03. The summed E-state index contributed by atoms with van der Waals surface area (Å²) in [6.45, 7) is -0.211. The number of H-pyrrole nitrogens is 1. The smallest absolute Gasteiger partial charge is 0.214 e. The molecular weight excluding hydrogens is 380 g/mol. The minimum absolute atomic E-state index is 0.211. The first-order valence-electron chi connectivity index (χ1n) is 9.61. The molecular formula is C24H22N2O4. The van der Waals surface area contributed by atoms with Crippen LogP contribution in [-0.4, -0.2) is 30.7 Å². The van der Waals surface area contributed by atoms with Crippen molar-refractivity contribution in [2.75, 3.05) is 20.8 Å². The van der Waals surface area contributed by atoms with E-state index in [1.54, 1.807) is 14.2 Å². The van der Waals surface area contributed by atoms with Crippen LogP contribution in [0, 0.1) is 10.1 Å². The number of nitrogens with zero attached hydrogens (tertiary/aromatic N) is 1. The van der Waals surface area contributed by atoms with Crippen molar-refractivity contribution in [3.63, 3.8) is 0 Å². The second-order valence-corrected chi connectivity index (χ2v) is 7.03. The molecule has 152 valence electrons. The predicted octanol–water partition coefficient (Wildman–Crippen LogP) is 5.26. The van der Waals surface area contributed by atoms with Gasteiger partial charge in [-0.15, -0.1) is 0 Å². The van der Waals surface area contributed by atoms with E-state index in [0.29, 0.717) is 5.75 Å². The third-order valence-electron chi connectivity index (χ3n) is 5.32. The zero-order valence-electron chi connectivity index (χ0n) is 16.8. The van der Waals surface area contributed by atoms with Gasteiger partial charge in [-0.3, -0.25) is 10.1 Å². The molecule has 0 aliphatic heterocycles. The molecule has 6 nitrogen and oxygen atoms in total. The Morgan fingerprint density at radius 2 is 1.50 bits per heavy atom. The summed E-state index contributed by atoms with van der Waals surface area (Å²) >= 11 is 0. The van der Waals surface area contributed by atoms with Crippen LogP contribution in [0.5, 0.6) is 11.5 Å². The van der Waals surface area contributed by atoms with Gasteiger partial charge in [-0.2, -0.15) is 0 Å². The number of aromatic amines is 1. The number of nitro groups is 1. The Morgan fingerprint density at radius 3 is 2.10 bits per heavy atom. The molecule has 3 aromatic carbocycles. The Labute approximate surface area is 174 Å². The molecule has 1 heterocycles. The molecule has 0 aliphatic carbocycles. The zero-order valence-corrected chi connectivity index (χ0v) is 16.8. The van der Waals surface area contributed by atoms with Crippen LogP contribution in [0.4, 0.5) is 0 Å². The number of benzene rings is 3. The van der Waals surface area contributed by atoms with E-state index in [-0.39, 0.29) is 11.5 Å². The maximum atomic E-state index is 11.6. The van der Waals surface area contributed by atoms with Crippen LogP contribution < -0.4 is 9.47 Å². The highest BCUT2D eigenvalue weighted by Crippen LogP contribution is 2.39. The number of fused-ring (bicyclic) bond motifs is 1. The van der Waals surface area contributed by atoms with Gasteiger partial charge >= 0.3 is 0 Å². The van der Waals surface area contributed by atoms with Gasteiger partial charge in [0.1, 0.15) is 11.5 Å². The van der Waals surface area contributed by atoms with E-state index in [2.05, 4.69) is 4.98 Å². The zero-order chi connectivity index (χ0) is 21.1. The fourth-order valence-electron chi connectivity index (χ4n) is 3.86. The number of aromatic nitrogens is 1. The van der Waals surface area contributed by atoms with E-state index in [1.807, 2.05) is 72.8 Å². The molecule has 1 unspecified atom stereocenters. The fourth-order valence-corrected chi connectivity index (χ4v) is 3.86. The van der Waals surface area contributed by atoms with Crippen LogP contribution >= 0.6 is 0 Å². The molecule has 0 fully saturated rings. The molecule has 0 spiro atoms. The fraction of sp³-hybridized carbons (Fsp3) is 0.167. The highest BCUT2D eigenvalue weighted by Gasteiger charge is 2.27. The molecule has 0 radical (unpaired) electrons.